The Bertz CT molecular complexity index is 1100. The van der Waals surface area contributed by atoms with E-state index in [2.05, 4.69) is 59.0 Å². The Morgan fingerprint density at radius 1 is 0.650 bits per heavy atom. The van der Waals surface area contributed by atoms with Gasteiger partial charge in [-0.15, -0.1) is 0 Å². The Kier molecular flexibility index (Phi) is 1.81. The van der Waals surface area contributed by atoms with Crippen molar-refractivity contribution >= 4 is 49.7 Å². The number of fused-ring (bicyclic) bond motifs is 6. The summed E-state index contributed by atoms with van der Waals surface area (Å²) in [5.41, 5.74) is 3.78. The summed E-state index contributed by atoms with van der Waals surface area (Å²) in [6.45, 7) is 0. The van der Waals surface area contributed by atoms with Crippen LogP contribution in [0.1, 0.15) is 0 Å². The molecule has 20 heavy (non-hydrogen) atoms. The van der Waals surface area contributed by atoms with Crippen molar-refractivity contribution in [2.45, 2.75) is 0 Å². The van der Waals surface area contributed by atoms with Crippen LogP contribution in [0.2, 0.25) is 5.02 Å². The number of hydrogen-bond acceptors (Lipinski definition) is 0. The van der Waals surface area contributed by atoms with E-state index in [4.69, 9.17) is 11.6 Å². The van der Waals surface area contributed by atoms with Gasteiger partial charge in [0.05, 0.1) is 16.6 Å². The molecule has 0 aliphatic rings. The van der Waals surface area contributed by atoms with Gasteiger partial charge < -0.3 is 4.40 Å². The van der Waals surface area contributed by atoms with Crippen LogP contribution in [0.3, 0.4) is 0 Å². The van der Waals surface area contributed by atoms with Crippen molar-refractivity contribution in [2.75, 3.05) is 0 Å². The van der Waals surface area contributed by atoms with Gasteiger partial charge in [-0.2, -0.15) is 0 Å². The van der Waals surface area contributed by atoms with Crippen LogP contribution < -0.4 is 0 Å². The lowest BCUT2D eigenvalue weighted by Gasteiger charge is -1.97. The van der Waals surface area contributed by atoms with Crippen molar-refractivity contribution in [2.24, 2.45) is 0 Å². The molecule has 0 saturated heterocycles. The second-order valence-electron chi connectivity index (χ2n) is 5.22. The molecule has 2 heterocycles. The highest BCUT2D eigenvalue weighted by atomic mass is 35.5. The van der Waals surface area contributed by atoms with Crippen LogP contribution >= 0.6 is 11.6 Å². The van der Waals surface area contributed by atoms with Crippen molar-refractivity contribution in [3.63, 3.8) is 0 Å². The van der Waals surface area contributed by atoms with Crippen LogP contribution in [0.15, 0.2) is 60.7 Å². The number of halogens is 1. The quantitative estimate of drug-likeness (QED) is 0.352. The highest BCUT2D eigenvalue weighted by molar-refractivity contribution is 6.32. The van der Waals surface area contributed by atoms with Crippen molar-refractivity contribution in [3.8, 4) is 0 Å². The topological polar surface area (TPSA) is 4.41 Å². The first kappa shape index (κ1) is 10.5. The maximum Gasteiger partial charge on any atom is 0.0620 e. The molecule has 0 bridgehead atoms. The fourth-order valence-corrected chi connectivity index (χ4v) is 3.58. The number of aromatic nitrogens is 1. The Morgan fingerprint density at radius 2 is 1.35 bits per heavy atom. The van der Waals surface area contributed by atoms with E-state index in [-0.39, 0.29) is 0 Å². The summed E-state index contributed by atoms with van der Waals surface area (Å²) in [6.07, 6.45) is 0. The third-order valence-electron chi connectivity index (χ3n) is 4.18. The minimum absolute atomic E-state index is 0.788. The highest BCUT2D eigenvalue weighted by Crippen LogP contribution is 2.39. The summed E-state index contributed by atoms with van der Waals surface area (Å²) in [7, 11) is 0. The van der Waals surface area contributed by atoms with Crippen molar-refractivity contribution < 1.29 is 0 Å². The first-order valence-electron chi connectivity index (χ1n) is 6.67. The Balaban J connectivity index is 2.27. The summed E-state index contributed by atoms with van der Waals surface area (Å²) in [6, 6.07) is 21.2. The fraction of sp³-hybridized carbons (Fsp3) is 0. The predicted octanol–water partition coefficient (Wildman–Crippen LogP) is 5.49. The molecule has 94 valence electrons. The summed E-state index contributed by atoms with van der Waals surface area (Å²) in [5, 5.41) is 5.91. The van der Waals surface area contributed by atoms with Crippen LogP contribution in [-0.2, 0) is 0 Å². The van der Waals surface area contributed by atoms with Gasteiger partial charge in [0, 0.05) is 26.6 Å². The standard InChI is InChI=1S/C18H10ClN/c19-11-8-9-17-15(10-11)14-6-3-5-13-12-4-1-2-7-16(12)20(17)18(13)14/h1-10H. The van der Waals surface area contributed by atoms with Crippen molar-refractivity contribution in [1.82, 2.24) is 4.40 Å². The maximum atomic E-state index is 6.18. The molecule has 2 aromatic heterocycles. The van der Waals surface area contributed by atoms with Gasteiger partial charge in [-0.3, -0.25) is 0 Å². The summed E-state index contributed by atoms with van der Waals surface area (Å²) in [4.78, 5) is 0. The van der Waals surface area contributed by atoms with E-state index in [0.29, 0.717) is 0 Å². The molecule has 0 amide bonds. The lowest BCUT2D eigenvalue weighted by Crippen LogP contribution is -1.79. The van der Waals surface area contributed by atoms with Crippen LogP contribution in [0.5, 0.6) is 0 Å². The van der Waals surface area contributed by atoms with Crippen LogP contribution in [0.4, 0.5) is 0 Å². The summed E-state index contributed by atoms with van der Waals surface area (Å²) < 4.78 is 2.35. The summed E-state index contributed by atoms with van der Waals surface area (Å²) >= 11 is 6.18. The number of benzene rings is 3. The molecule has 0 spiro atoms. The first-order valence-corrected chi connectivity index (χ1v) is 7.05. The van der Waals surface area contributed by atoms with Crippen molar-refractivity contribution in [1.29, 1.82) is 0 Å². The number of rotatable bonds is 0. The minimum atomic E-state index is 0.788. The second kappa shape index (κ2) is 3.44. The Morgan fingerprint density at radius 3 is 2.25 bits per heavy atom. The van der Waals surface area contributed by atoms with Gasteiger partial charge in [-0.25, -0.2) is 0 Å². The van der Waals surface area contributed by atoms with Gasteiger partial charge in [0.1, 0.15) is 0 Å². The molecule has 0 aliphatic carbocycles. The molecule has 0 atom stereocenters. The number of nitrogens with zero attached hydrogens (tertiary/aromatic N) is 1. The van der Waals surface area contributed by atoms with E-state index in [0.717, 1.165) is 5.02 Å². The Labute approximate surface area is 120 Å². The Hall–Kier alpha value is -2.25. The molecule has 3 aromatic carbocycles. The van der Waals surface area contributed by atoms with Crippen LogP contribution in [0, 0.1) is 0 Å². The first-order chi connectivity index (χ1) is 9.84. The zero-order valence-electron chi connectivity index (χ0n) is 10.6. The second-order valence-corrected chi connectivity index (χ2v) is 5.65. The van der Waals surface area contributed by atoms with E-state index in [9.17, 15) is 0 Å². The minimum Gasteiger partial charge on any atom is -0.308 e. The van der Waals surface area contributed by atoms with Gasteiger partial charge in [0.2, 0.25) is 0 Å². The zero-order valence-corrected chi connectivity index (χ0v) is 11.4. The predicted molar refractivity (Wildman–Crippen MR) is 86.1 cm³/mol. The molecular formula is C18H10ClN. The molecule has 0 N–H and O–H groups in total. The van der Waals surface area contributed by atoms with E-state index in [1.165, 1.54) is 38.1 Å². The van der Waals surface area contributed by atoms with E-state index < -0.39 is 0 Å². The van der Waals surface area contributed by atoms with Crippen LogP contribution in [0.25, 0.3) is 38.1 Å². The molecule has 0 radical (unpaired) electrons. The smallest absolute Gasteiger partial charge is 0.0620 e. The average Bonchev–Trinajstić information content (AvgIpc) is 2.98. The van der Waals surface area contributed by atoms with Gasteiger partial charge >= 0.3 is 0 Å². The SMILES string of the molecule is Clc1ccc2c(c1)c1cccc3c4ccccc4n2c31. The lowest BCUT2D eigenvalue weighted by atomic mass is 10.1. The molecule has 5 aromatic rings. The van der Waals surface area contributed by atoms with Gasteiger partial charge in [0.25, 0.3) is 0 Å². The molecule has 0 fully saturated rings. The molecule has 5 rings (SSSR count). The van der Waals surface area contributed by atoms with Gasteiger partial charge in [0.15, 0.2) is 0 Å². The average molecular weight is 276 g/mol. The largest absolute Gasteiger partial charge is 0.308 e. The van der Waals surface area contributed by atoms with Crippen molar-refractivity contribution in [3.05, 3.63) is 65.7 Å². The molecule has 2 heteroatoms. The van der Waals surface area contributed by atoms with Gasteiger partial charge in [-0.05, 0) is 24.3 Å². The zero-order chi connectivity index (χ0) is 13.3. The third kappa shape index (κ3) is 1.10. The molecule has 0 aliphatic heterocycles. The van der Waals surface area contributed by atoms with Gasteiger partial charge in [-0.1, -0.05) is 48.0 Å². The highest BCUT2D eigenvalue weighted by Gasteiger charge is 2.16. The normalized spacial score (nSPS) is 12.2. The lowest BCUT2D eigenvalue weighted by molar-refractivity contribution is 1.37. The van der Waals surface area contributed by atoms with Crippen LogP contribution in [-0.4, -0.2) is 4.40 Å². The fourth-order valence-electron chi connectivity index (χ4n) is 3.41. The summed E-state index contributed by atoms with van der Waals surface area (Å²) in [5.74, 6) is 0. The third-order valence-corrected chi connectivity index (χ3v) is 4.42. The monoisotopic (exact) mass is 275 g/mol. The number of para-hydroxylation sites is 2. The molecule has 0 saturated carbocycles. The van der Waals surface area contributed by atoms with E-state index in [1.807, 2.05) is 6.07 Å². The number of hydrogen-bond donors (Lipinski definition) is 0. The van der Waals surface area contributed by atoms with E-state index >= 15 is 0 Å². The molecule has 1 nitrogen and oxygen atoms in total. The van der Waals surface area contributed by atoms with E-state index in [1.54, 1.807) is 0 Å². The molecular weight excluding hydrogens is 266 g/mol. The maximum absolute atomic E-state index is 6.18. The molecule has 0 unspecified atom stereocenters.